The molecule has 100 valence electrons. The van der Waals surface area contributed by atoms with Crippen molar-refractivity contribution in [2.75, 3.05) is 19.9 Å². The molecule has 0 spiro atoms. The van der Waals surface area contributed by atoms with Gasteiger partial charge in [0.25, 0.3) is 0 Å². The fourth-order valence-corrected chi connectivity index (χ4v) is 1.91. The van der Waals surface area contributed by atoms with Crippen molar-refractivity contribution in [2.45, 2.75) is 19.4 Å². The molecule has 0 saturated carbocycles. The molecule has 1 atom stereocenters. The van der Waals surface area contributed by atoms with Crippen LogP contribution in [0.2, 0.25) is 0 Å². The Morgan fingerprint density at radius 2 is 2.06 bits per heavy atom. The molecule has 0 heterocycles. The first-order chi connectivity index (χ1) is 7.80. The molecule has 0 aromatic carbocycles. The molecule has 0 aliphatic heterocycles. The number of methoxy groups -OCH3 is 1. The van der Waals surface area contributed by atoms with Gasteiger partial charge >= 0.3 is 12.1 Å². The third kappa shape index (κ3) is 8.09. The van der Waals surface area contributed by atoms with Gasteiger partial charge in [-0.2, -0.15) is 0 Å². The van der Waals surface area contributed by atoms with Gasteiger partial charge in [0.1, 0.15) is 6.04 Å². The van der Waals surface area contributed by atoms with Crippen LogP contribution in [0, 0.1) is 0 Å². The minimum absolute atomic E-state index is 0.0181. The summed E-state index contributed by atoms with van der Waals surface area (Å²) >= 11 is 4.42. The van der Waals surface area contributed by atoms with Gasteiger partial charge in [-0.15, -0.1) is 0 Å². The quantitative estimate of drug-likeness (QED) is 0.464. The lowest BCUT2D eigenvalue weighted by Gasteiger charge is -2.17. The normalized spacial score (nSPS) is 12.7. The monoisotopic (exact) mass is 285 g/mol. The number of carbonyl (C=O) groups excluding carboxylic acids is 2. The van der Waals surface area contributed by atoms with Crippen LogP contribution in [0.4, 0.5) is 4.79 Å². The van der Waals surface area contributed by atoms with Crippen LogP contribution >= 0.6 is 6.49 Å². The number of carbonyl (C=O) groups is 2. The molecule has 9 heteroatoms. The fourth-order valence-electron chi connectivity index (χ4n) is 1.00. The van der Waals surface area contributed by atoms with Crippen molar-refractivity contribution >= 4 is 30.4 Å². The summed E-state index contributed by atoms with van der Waals surface area (Å²) in [5.41, 5.74) is 0. The molecule has 0 aliphatic carbocycles. The van der Waals surface area contributed by atoms with E-state index in [1.54, 1.807) is 6.92 Å². The Bertz CT molecular complexity index is 317. The molecule has 0 aromatic heterocycles. The summed E-state index contributed by atoms with van der Waals surface area (Å²) in [6.45, 7) is -1.61. The highest BCUT2D eigenvalue weighted by Crippen LogP contribution is 2.35. The van der Waals surface area contributed by atoms with E-state index >= 15 is 0 Å². The summed E-state index contributed by atoms with van der Waals surface area (Å²) < 4.78 is 9.06. The van der Waals surface area contributed by atoms with Gasteiger partial charge in [0.2, 0.25) is 0 Å². The molecule has 0 aromatic rings. The molecule has 7 nitrogen and oxygen atoms in total. The molecule has 1 unspecified atom stereocenters. The third-order valence-corrected chi connectivity index (χ3v) is 3.15. The Morgan fingerprint density at radius 1 is 1.47 bits per heavy atom. The first-order valence-corrected chi connectivity index (χ1v) is 7.75. The lowest BCUT2D eigenvalue weighted by Crippen LogP contribution is -2.42. The van der Waals surface area contributed by atoms with Crippen LogP contribution in [-0.4, -0.2) is 47.8 Å². The average molecular weight is 285 g/mol. The van der Waals surface area contributed by atoms with Gasteiger partial charge in [-0.05, 0) is 25.2 Å². The lowest BCUT2D eigenvalue weighted by molar-refractivity contribution is -0.143. The predicted molar refractivity (Wildman–Crippen MR) is 64.2 cm³/mol. The van der Waals surface area contributed by atoms with Crippen molar-refractivity contribution in [1.82, 2.24) is 5.32 Å². The van der Waals surface area contributed by atoms with E-state index in [1.165, 1.54) is 0 Å². The topological polar surface area (TPSA) is 105 Å². The molecule has 0 aliphatic rings. The minimum atomic E-state index is -3.40. The zero-order valence-electron chi connectivity index (χ0n) is 9.58. The third-order valence-electron chi connectivity index (χ3n) is 1.76. The van der Waals surface area contributed by atoms with Crippen molar-refractivity contribution < 1.29 is 28.8 Å². The number of ether oxygens (including phenoxy) is 2. The Kier molecular flexibility index (Phi) is 7.29. The van der Waals surface area contributed by atoms with E-state index in [-0.39, 0.29) is 19.2 Å². The van der Waals surface area contributed by atoms with Gasteiger partial charge in [-0.1, -0.05) is 0 Å². The van der Waals surface area contributed by atoms with Crippen LogP contribution in [0.5, 0.6) is 0 Å². The molecule has 1 amide bonds. The SMILES string of the molecule is CCOC(=O)NC(CCP(O)(O)=S)C(=O)OC. The summed E-state index contributed by atoms with van der Waals surface area (Å²) in [5.74, 6) is -0.693. The first kappa shape index (κ1) is 16.3. The van der Waals surface area contributed by atoms with Crippen molar-refractivity contribution in [2.24, 2.45) is 0 Å². The number of hydrogen-bond donors (Lipinski definition) is 3. The highest BCUT2D eigenvalue weighted by atomic mass is 32.5. The second kappa shape index (κ2) is 7.60. The van der Waals surface area contributed by atoms with Crippen molar-refractivity contribution in [1.29, 1.82) is 0 Å². The van der Waals surface area contributed by atoms with E-state index in [9.17, 15) is 9.59 Å². The summed E-state index contributed by atoms with van der Waals surface area (Å²) in [6, 6.07) is -0.999. The number of esters is 1. The zero-order chi connectivity index (χ0) is 13.5. The first-order valence-electron chi connectivity index (χ1n) is 4.85. The van der Waals surface area contributed by atoms with Crippen LogP contribution in [0.25, 0.3) is 0 Å². The number of alkyl carbamates (subject to hydrolysis) is 1. The Hall–Kier alpha value is -0.690. The second-order valence-electron chi connectivity index (χ2n) is 3.12. The van der Waals surface area contributed by atoms with Crippen LogP contribution < -0.4 is 5.32 Å². The molecule has 3 N–H and O–H groups in total. The smallest absolute Gasteiger partial charge is 0.407 e. The Morgan fingerprint density at radius 3 is 2.47 bits per heavy atom. The maximum atomic E-state index is 11.3. The van der Waals surface area contributed by atoms with E-state index in [0.29, 0.717) is 0 Å². The minimum Gasteiger partial charge on any atom is -0.467 e. The number of nitrogens with one attached hydrogen (secondary N) is 1. The predicted octanol–water partition coefficient (Wildman–Crippen LogP) is -0.0417. The number of rotatable bonds is 6. The summed E-state index contributed by atoms with van der Waals surface area (Å²) in [5, 5.41) is 2.25. The van der Waals surface area contributed by atoms with Crippen LogP contribution in [0.1, 0.15) is 13.3 Å². The molecule has 0 radical (unpaired) electrons. The van der Waals surface area contributed by atoms with Crippen LogP contribution in [-0.2, 0) is 26.1 Å². The van der Waals surface area contributed by atoms with E-state index in [1.807, 2.05) is 0 Å². The molecule has 0 saturated heterocycles. The average Bonchev–Trinajstić information content (AvgIpc) is 2.22. The van der Waals surface area contributed by atoms with E-state index in [0.717, 1.165) is 7.11 Å². The fraction of sp³-hybridized carbons (Fsp3) is 0.750. The van der Waals surface area contributed by atoms with Crippen molar-refractivity contribution in [3.8, 4) is 0 Å². The maximum absolute atomic E-state index is 11.3. The number of amides is 1. The number of hydrogen-bond acceptors (Lipinski definition) is 5. The van der Waals surface area contributed by atoms with Gasteiger partial charge in [0.15, 0.2) is 6.49 Å². The molecular formula is C8H16NO6PS. The molecule has 17 heavy (non-hydrogen) atoms. The summed E-state index contributed by atoms with van der Waals surface area (Å²) in [6.07, 6.45) is -0.948. The van der Waals surface area contributed by atoms with Gasteiger partial charge in [-0.3, -0.25) is 0 Å². The molecule has 0 fully saturated rings. The standard InChI is InChI=1S/C8H16NO6PS/c1-3-15-8(11)9-6(7(10)14-2)4-5-16(12,13)17/h6H,3-5H2,1-2H3,(H,9,11)(H2,12,13,17). The Balaban J connectivity index is 4.39. The van der Waals surface area contributed by atoms with Gasteiger partial charge < -0.3 is 24.6 Å². The highest BCUT2D eigenvalue weighted by molar-refractivity contribution is 8.09. The maximum Gasteiger partial charge on any atom is 0.407 e. The largest absolute Gasteiger partial charge is 0.467 e. The molecule has 0 rings (SSSR count). The van der Waals surface area contributed by atoms with Gasteiger partial charge in [0, 0.05) is 6.16 Å². The summed E-state index contributed by atoms with van der Waals surface area (Å²) in [7, 11) is 1.16. The van der Waals surface area contributed by atoms with Crippen molar-refractivity contribution in [3.05, 3.63) is 0 Å². The molecule has 0 bridgehead atoms. The van der Waals surface area contributed by atoms with Gasteiger partial charge in [-0.25, -0.2) is 9.59 Å². The van der Waals surface area contributed by atoms with E-state index < -0.39 is 24.6 Å². The van der Waals surface area contributed by atoms with Gasteiger partial charge in [0.05, 0.1) is 13.7 Å². The van der Waals surface area contributed by atoms with Crippen LogP contribution in [0.3, 0.4) is 0 Å². The summed E-state index contributed by atoms with van der Waals surface area (Å²) in [4.78, 5) is 40.5. The van der Waals surface area contributed by atoms with E-state index in [4.69, 9.17) is 9.79 Å². The molecular weight excluding hydrogens is 269 g/mol. The van der Waals surface area contributed by atoms with E-state index in [2.05, 4.69) is 26.6 Å². The second-order valence-corrected chi connectivity index (χ2v) is 6.65. The van der Waals surface area contributed by atoms with Crippen molar-refractivity contribution in [3.63, 3.8) is 0 Å². The Labute approximate surface area is 104 Å². The highest BCUT2D eigenvalue weighted by Gasteiger charge is 2.24. The van der Waals surface area contributed by atoms with Crippen LogP contribution in [0.15, 0.2) is 0 Å². The zero-order valence-corrected chi connectivity index (χ0v) is 11.3. The lowest BCUT2D eigenvalue weighted by atomic mass is 10.2.